The number of anilines is 1. The van der Waals surface area contributed by atoms with Crippen molar-refractivity contribution in [2.24, 2.45) is 0 Å². The highest BCUT2D eigenvalue weighted by molar-refractivity contribution is 7.99. The second kappa shape index (κ2) is 4.26. The fourth-order valence-corrected chi connectivity index (χ4v) is 1.61. The van der Waals surface area contributed by atoms with E-state index in [1.807, 2.05) is 6.92 Å². The predicted octanol–water partition coefficient (Wildman–Crippen LogP) is 0.751. The van der Waals surface area contributed by atoms with Crippen molar-refractivity contribution in [1.82, 2.24) is 24.5 Å². The number of nitrogen functional groups attached to an aromatic ring is 1. The number of nitrogens with zero attached hydrogens (tertiary/aromatic N) is 5. The van der Waals surface area contributed by atoms with E-state index in [2.05, 4.69) is 19.9 Å². The smallest absolute Gasteiger partial charge is 0.240 e. The predicted molar refractivity (Wildman–Crippen MR) is 57.8 cm³/mol. The average Bonchev–Trinajstić information content (AvgIpc) is 2.70. The van der Waals surface area contributed by atoms with E-state index in [0.717, 1.165) is 5.75 Å². The molecular weight excluding hydrogens is 212 g/mol. The summed E-state index contributed by atoms with van der Waals surface area (Å²) in [5.41, 5.74) is 5.59. The summed E-state index contributed by atoms with van der Waals surface area (Å²) >= 11 is 1.52. The number of imidazole rings is 1. The van der Waals surface area contributed by atoms with Crippen LogP contribution in [0.3, 0.4) is 0 Å². The minimum Gasteiger partial charge on any atom is -0.368 e. The van der Waals surface area contributed by atoms with Gasteiger partial charge in [0.2, 0.25) is 11.9 Å². The van der Waals surface area contributed by atoms with Gasteiger partial charge in [0.15, 0.2) is 5.16 Å². The Morgan fingerprint density at radius 2 is 2.27 bits per heavy atom. The van der Waals surface area contributed by atoms with Crippen LogP contribution in [0.1, 0.15) is 6.92 Å². The molecule has 0 amide bonds. The number of aromatic nitrogens is 5. The quantitative estimate of drug-likeness (QED) is 0.772. The molecule has 6 nitrogen and oxygen atoms in total. The van der Waals surface area contributed by atoms with E-state index in [1.165, 1.54) is 11.8 Å². The van der Waals surface area contributed by atoms with Gasteiger partial charge in [-0.3, -0.25) is 4.57 Å². The van der Waals surface area contributed by atoms with Gasteiger partial charge in [0.05, 0.1) is 0 Å². The molecule has 2 N–H and O–H groups in total. The summed E-state index contributed by atoms with van der Waals surface area (Å²) in [4.78, 5) is 16.2. The van der Waals surface area contributed by atoms with Crippen molar-refractivity contribution >= 4 is 17.7 Å². The van der Waals surface area contributed by atoms with Crippen LogP contribution < -0.4 is 5.73 Å². The minimum atomic E-state index is 0.227. The zero-order chi connectivity index (χ0) is 10.7. The van der Waals surface area contributed by atoms with Crippen LogP contribution in [-0.2, 0) is 0 Å². The molecule has 0 unspecified atom stereocenters. The van der Waals surface area contributed by atoms with Gasteiger partial charge in [-0.15, -0.1) is 0 Å². The van der Waals surface area contributed by atoms with Gasteiger partial charge in [0, 0.05) is 12.4 Å². The standard InChI is InChI=1S/C8H10N6S/c1-2-15-8-12-6(9)11-7(13-8)14-4-3-10-5-14/h3-5H,2H2,1H3,(H2,9,11,12,13). The van der Waals surface area contributed by atoms with Crippen LogP contribution in [0.5, 0.6) is 0 Å². The average molecular weight is 222 g/mol. The van der Waals surface area contributed by atoms with Crippen LogP contribution in [0.4, 0.5) is 5.95 Å². The molecule has 2 aromatic heterocycles. The lowest BCUT2D eigenvalue weighted by Crippen LogP contribution is -2.06. The van der Waals surface area contributed by atoms with Crippen LogP contribution >= 0.6 is 11.8 Å². The van der Waals surface area contributed by atoms with Gasteiger partial charge in [-0.05, 0) is 5.75 Å². The van der Waals surface area contributed by atoms with Gasteiger partial charge < -0.3 is 5.73 Å². The first-order valence-electron chi connectivity index (χ1n) is 4.42. The van der Waals surface area contributed by atoms with Crippen molar-refractivity contribution in [2.45, 2.75) is 12.1 Å². The summed E-state index contributed by atoms with van der Waals surface area (Å²) in [7, 11) is 0. The normalized spacial score (nSPS) is 10.5. The Hall–Kier alpha value is -1.63. The van der Waals surface area contributed by atoms with E-state index in [1.54, 1.807) is 23.3 Å². The van der Waals surface area contributed by atoms with Gasteiger partial charge in [-0.25, -0.2) is 4.98 Å². The molecule has 0 spiro atoms. The summed E-state index contributed by atoms with van der Waals surface area (Å²) in [5, 5.41) is 0.633. The molecule has 0 radical (unpaired) electrons. The molecule has 0 aliphatic rings. The highest BCUT2D eigenvalue weighted by Gasteiger charge is 2.05. The Kier molecular flexibility index (Phi) is 2.82. The number of rotatable bonds is 3. The monoisotopic (exact) mass is 222 g/mol. The third kappa shape index (κ3) is 2.24. The zero-order valence-corrected chi connectivity index (χ0v) is 8.98. The maximum Gasteiger partial charge on any atom is 0.240 e. The fraction of sp³-hybridized carbons (Fsp3) is 0.250. The molecule has 0 bridgehead atoms. The first-order chi connectivity index (χ1) is 7.29. The van der Waals surface area contributed by atoms with E-state index in [9.17, 15) is 0 Å². The number of hydrogen-bond donors (Lipinski definition) is 1. The minimum absolute atomic E-state index is 0.227. The molecule has 0 saturated carbocycles. The second-order valence-corrected chi connectivity index (χ2v) is 3.91. The first-order valence-corrected chi connectivity index (χ1v) is 5.41. The largest absolute Gasteiger partial charge is 0.368 e. The fourth-order valence-electron chi connectivity index (χ4n) is 1.05. The van der Waals surface area contributed by atoms with Gasteiger partial charge in [0.25, 0.3) is 0 Å². The molecule has 7 heteroatoms. The molecule has 0 saturated heterocycles. The highest BCUT2D eigenvalue weighted by Crippen LogP contribution is 2.14. The Morgan fingerprint density at radius 1 is 1.40 bits per heavy atom. The van der Waals surface area contributed by atoms with Gasteiger partial charge in [-0.2, -0.15) is 15.0 Å². The molecule has 0 fully saturated rings. The van der Waals surface area contributed by atoms with Gasteiger partial charge in [0.1, 0.15) is 6.33 Å². The van der Waals surface area contributed by atoms with E-state index in [0.29, 0.717) is 11.1 Å². The van der Waals surface area contributed by atoms with E-state index < -0.39 is 0 Å². The summed E-state index contributed by atoms with van der Waals surface area (Å²) in [6.45, 7) is 2.03. The molecule has 2 heterocycles. The van der Waals surface area contributed by atoms with Crippen molar-refractivity contribution in [3.05, 3.63) is 18.7 Å². The lowest BCUT2D eigenvalue weighted by molar-refractivity contribution is 0.832. The van der Waals surface area contributed by atoms with Crippen LogP contribution in [0.2, 0.25) is 0 Å². The van der Waals surface area contributed by atoms with E-state index in [-0.39, 0.29) is 5.95 Å². The Bertz CT molecular complexity index is 440. The Balaban J connectivity index is 2.40. The van der Waals surface area contributed by atoms with Crippen molar-refractivity contribution in [3.8, 4) is 5.95 Å². The SMILES string of the molecule is CCSc1nc(N)nc(-n2ccnc2)n1. The van der Waals surface area contributed by atoms with Gasteiger partial charge >= 0.3 is 0 Å². The van der Waals surface area contributed by atoms with Crippen molar-refractivity contribution in [3.63, 3.8) is 0 Å². The highest BCUT2D eigenvalue weighted by atomic mass is 32.2. The topological polar surface area (TPSA) is 82.5 Å². The summed E-state index contributed by atoms with van der Waals surface area (Å²) in [5.74, 6) is 1.62. The third-order valence-corrected chi connectivity index (χ3v) is 2.36. The molecule has 0 aliphatic carbocycles. The van der Waals surface area contributed by atoms with Crippen molar-refractivity contribution < 1.29 is 0 Å². The zero-order valence-electron chi connectivity index (χ0n) is 8.16. The molecule has 2 rings (SSSR count). The second-order valence-electron chi connectivity index (χ2n) is 2.68. The Labute approximate surface area is 91.0 Å². The maximum atomic E-state index is 5.59. The van der Waals surface area contributed by atoms with Crippen molar-refractivity contribution in [2.75, 3.05) is 11.5 Å². The summed E-state index contributed by atoms with van der Waals surface area (Å²) in [6.07, 6.45) is 5.04. The molecule has 0 atom stereocenters. The molecular formula is C8H10N6S. The molecule has 2 aromatic rings. The third-order valence-electron chi connectivity index (χ3n) is 1.63. The molecule has 15 heavy (non-hydrogen) atoms. The van der Waals surface area contributed by atoms with Crippen molar-refractivity contribution in [1.29, 1.82) is 0 Å². The van der Waals surface area contributed by atoms with E-state index >= 15 is 0 Å². The van der Waals surface area contributed by atoms with Crippen LogP contribution in [0.15, 0.2) is 23.9 Å². The Morgan fingerprint density at radius 3 is 2.93 bits per heavy atom. The lowest BCUT2D eigenvalue weighted by atomic mass is 10.8. The summed E-state index contributed by atoms with van der Waals surface area (Å²) < 4.78 is 1.69. The van der Waals surface area contributed by atoms with Gasteiger partial charge in [-0.1, -0.05) is 18.7 Å². The number of nitrogens with two attached hydrogens (primary N) is 1. The molecule has 78 valence electrons. The molecule has 0 aromatic carbocycles. The number of hydrogen-bond acceptors (Lipinski definition) is 6. The van der Waals surface area contributed by atoms with Crippen LogP contribution in [-0.4, -0.2) is 30.3 Å². The lowest BCUT2D eigenvalue weighted by Gasteiger charge is -2.03. The summed E-state index contributed by atoms with van der Waals surface area (Å²) in [6, 6.07) is 0. The van der Waals surface area contributed by atoms with E-state index in [4.69, 9.17) is 5.73 Å². The molecule has 0 aliphatic heterocycles. The first kappa shape index (κ1) is 9.91. The van der Waals surface area contributed by atoms with Crippen LogP contribution in [0, 0.1) is 0 Å². The number of thioether (sulfide) groups is 1. The van der Waals surface area contributed by atoms with Crippen LogP contribution in [0.25, 0.3) is 5.95 Å². The maximum absolute atomic E-state index is 5.59.